The zero-order chi connectivity index (χ0) is 20.1. The first-order valence-electron chi connectivity index (χ1n) is 8.53. The third-order valence-corrected chi connectivity index (χ3v) is 4.37. The van der Waals surface area contributed by atoms with Crippen LogP contribution in [-0.4, -0.2) is 25.1 Å². The van der Waals surface area contributed by atoms with Crippen LogP contribution in [0.3, 0.4) is 0 Å². The maximum atomic E-state index is 12.7. The number of benzene rings is 2. The SMILES string of the molecule is COc1ccc(OC)c(NC(=O)c2ccnc(Nc3cc(Cl)ccc3C)c2)c1. The Morgan fingerprint density at radius 2 is 1.82 bits per heavy atom. The number of aromatic nitrogens is 1. The van der Waals surface area contributed by atoms with Crippen molar-refractivity contribution in [2.45, 2.75) is 6.92 Å². The van der Waals surface area contributed by atoms with Crippen LogP contribution in [0.1, 0.15) is 15.9 Å². The molecule has 28 heavy (non-hydrogen) atoms. The number of pyridine rings is 1. The standard InChI is InChI=1S/C21H20ClN3O3/c1-13-4-5-15(22)11-17(13)24-20-10-14(8-9-23-20)21(26)25-18-12-16(27-2)6-7-19(18)28-3/h4-12H,1-3H3,(H,23,24)(H,25,26). The summed E-state index contributed by atoms with van der Waals surface area (Å²) in [5.41, 5.74) is 2.81. The molecular formula is C21H20ClN3O3. The van der Waals surface area contributed by atoms with E-state index in [0.717, 1.165) is 11.3 Å². The van der Waals surface area contributed by atoms with Gasteiger partial charge in [0.2, 0.25) is 0 Å². The Kier molecular flexibility index (Phi) is 6.01. The van der Waals surface area contributed by atoms with Crippen LogP contribution < -0.4 is 20.1 Å². The number of nitrogens with zero attached hydrogens (tertiary/aromatic N) is 1. The first-order chi connectivity index (χ1) is 13.5. The minimum absolute atomic E-state index is 0.292. The van der Waals surface area contributed by atoms with Crippen LogP contribution in [0, 0.1) is 6.92 Å². The van der Waals surface area contributed by atoms with E-state index in [4.69, 9.17) is 21.1 Å². The minimum Gasteiger partial charge on any atom is -0.497 e. The van der Waals surface area contributed by atoms with E-state index in [2.05, 4.69) is 15.6 Å². The summed E-state index contributed by atoms with van der Waals surface area (Å²) in [5, 5.41) is 6.65. The monoisotopic (exact) mass is 397 g/mol. The molecule has 1 aromatic heterocycles. The fourth-order valence-corrected chi connectivity index (χ4v) is 2.79. The third-order valence-electron chi connectivity index (χ3n) is 4.14. The minimum atomic E-state index is -0.292. The number of rotatable bonds is 6. The number of carbonyl (C=O) groups excluding carboxylic acids is 1. The lowest BCUT2D eigenvalue weighted by molar-refractivity contribution is 0.102. The summed E-state index contributed by atoms with van der Waals surface area (Å²) in [5.74, 6) is 1.40. The molecule has 6 nitrogen and oxygen atoms in total. The van der Waals surface area contributed by atoms with Crippen molar-refractivity contribution in [2.24, 2.45) is 0 Å². The molecule has 144 valence electrons. The molecule has 1 heterocycles. The summed E-state index contributed by atoms with van der Waals surface area (Å²) < 4.78 is 10.5. The van der Waals surface area contributed by atoms with Crippen molar-refractivity contribution in [1.29, 1.82) is 0 Å². The fourth-order valence-electron chi connectivity index (χ4n) is 2.61. The third kappa shape index (κ3) is 4.53. The van der Waals surface area contributed by atoms with Crippen molar-refractivity contribution in [3.8, 4) is 11.5 Å². The highest BCUT2D eigenvalue weighted by Crippen LogP contribution is 2.29. The summed E-state index contributed by atoms with van der Waals surface area (Å²) in [4.78, 5) is 17.0. The van der Waals surface area contributed by atoms with Gasteiger partial charge < -0.3 is 20.1 Å². The van der Waals surface area contributed by atoms with Gasteiger partial charge in [-0.05, 0) is 48.9 Å². The van der Waals surface area contributed by atoms with Crippen LogP contribution >= 0.6 is 11.6 Å². The Balaban J connectivity index is 1.82. The molecule has 3 rings (SSSR count). The molecule has 7 heteroatoms. The molecule has 2 N–H and O–H groups in total. The molecule has 0 aliphatic carbocycles. The molecule has 1 amide bonds. The highest BCUT2D eigenvalue weighted by Gasteiger charge is 2.12. The zero-order valence-corrected chi connectivity index (χ0v) is 16.5. The Morgan fingerprint density at radius 3 is 2.57 bits per heavy atom. The molecule has 0 aliphatic heterocycles. The number of anilines is 3. The highest BCUT2D eigenvalue weighted by atomic mass is 35.5. The van der Waals surface area contributed by atoms with Crippen LogP contribution in [0.4, 0.5) is 17.2 Å². The van der Waals surface area contributed by atoms with Crippen LogP contribution in [0.25, 0.3) is 0 Å². The van der Waals surface area contributed by atoms with Crippen LogP contribution in [0.15, 0.2) is 54.7 Å². The van der Waals surface area contributed by atoms with E-state index in [1.165, 1.54) is 0 Å². The number of nitrogens with one attached hydrogen (secondary N) is 2. The lowest BCUT2D eigenvalue weighted by Gasteiger charge is -2.13. The lowest BCUT2D eigenvalue weighted by atomic mass is 10.2. The first-order valence-corrected chi connectivity index (χ1v) is 8.90. The van der Waals surface area contributed by atoms with E-state index in [-0.39, 0.29) is 5.91 Å². The van der Waals surface area contributed by atoms with Gasteiger partial charge >= 0.3 is 0 Å². The predicted molar refractivity (Wildman–Crippen MR) is 111 cm³/mol. The molecule has 0 unspecified atom stereocenters. The average molecular weight is 398 g/mol. The van der Waals surface area contributed by atoms with Crippen molar-refractivity contribution < 1.29 is 14.3 Å². The number of ether oxygens (including phenoxy) is 2. The summed E-state index contributed by atoms with van der Waals surface area (Å²) in [6.07, 6.45) is 1.57. The number of hydrogen-bond acceptors (Lipinski definition) is 5. The Bertz CT molecular complexity index is 1010. The van der Waals surface area contributed by atoms with Gasteiger partial charge in [-0.25, -0.2) is 4.98 Å². The Labute approximate surface area is 168 Å². The molecule has 0 atom stereocenters. The van der Waals surface area contributed by atoms with Gasteiger partial charge in [0.15, 0.2) is 0 Å². The van der Waals surface area contributed by atoms with Crippen LogP contribution in [0.5, 0.6) is 11.5 Å². The van der Waals surface area contributed by atoms with Crippen LogP contribution in [0.2, 0.25) is 5.02 Å². The molecule has 0 radical (unpaired) electrons. The van der Waals surface area contributed by atoms with Gasteiger partial charge in [0.25, 0.3) is 5.91 Å². The number of hydrogen-bond donors (Lipinski definition) is 2. The molecule has 0 fully saturated rings. The highest BCUT2D eigenvalue weighted by molar-refractivity contribution is 6.30. The van der Waals surface area contributed by atoms with Crippen LogP contribution in [-0.2, 0) is 0 Å². The van der Waals surface area contributed by atoms with Crippen molar-refractivity contribution in [1.82, 2.24) is 4.98 Å². The number of aryl methyl sites for hydroxylation is 1. The van der Waals surface area contributed by atoms with Gasteiger partial charge in [0.05, 0.1) is 19.9 Å². The molecule has 0 spiro atoms. The quantitative estimate of drug-likeness (QED) is 0.608. The fraction of sp³-hybridized carbons (Fsp3) is 0.143. The molecular weight excluding hydrogens is 378 g/mol. The number of methoxy groups -OCH3 is 2. The van der Waals surface area contributed by atoms with E-state index in [1.54, 1.807) is 50.7 Å². The van der Waals surface area contributed by atoms with Crippen molar-refractivity contribution >= 4 is 34.7 Å². The van der Waals surface area contributed by atoms with Crippen molar-refractivity contribution in [3.05, 3.63) is 70.9 Å². The second kappa shape index (κ2) is 8.63. The normalized spacial score (nSPS) is 10.3. The number of amides is 1. The van der Waals surface area contributed by atoms with Gasteiger partial charge in [-0.15, -0.1) is 0 Å². The van der Waals surface area contributed by atoms with E-state index >= 15 is 0 Å². The van der Waals surface area contributed by atoms with Gasteiger partial charge in [0, 0.05) is 28.5 Å². The predicted octanol–water partition coefficient (Wildman–Crippen LogP) is 5.06. The van der Waals surface area contributed by atoms with E-state index < -0.39 is 0 Å². The number of halogens is 1. The van der Waals surface area contributed by atoms with Gasteiger partial charge in [-0.2, -0.15) is 0 Å². The second-order valence-electron chi connectivity index (χ2n) is 6.03. The molecule has 0 saturated heterocycles. The summed E-state index contributed by atoms with van der Waals surface area (Å²) >= 11 is 6.06. The largest absolute Gasteiger partial charge is 0.497 e. The smallest absolute Gasteiger partial charge is 0.255 e. The molecule has 0 bridgehead atoms. The van der Waals surface area contributed by atoms with Gasteiger partial charge in [-0.1, -0.05) is 17.7 Å². The zero-order valence-electron chi connectivity index (χ0n) is 15.7. The Hall–Kier alpha value is -3.25. The molecule has 2 aromatic carbocycles. The van der Waals surface area contributed by atoms with Gasteiger partial charge in [-0.3, -0.25) is 4.79 Å². The maximum absolute atomic E-state index is 12.7. The number of carbonyl (C=O) groups is 1. The van der Waals surface area contributed by atoms with Crippen molar-refractivity contribution in [2.75, 3.05) is 24.9 Å². The molecule has 0 saturated carbocycles. The summed E-state index contributed by atoms with van der Waals surface area (Å²) in [6, 6.07) is 14.0. The van der Waals surface area contributed by atoms with E-state index in [0.29, 0.717) is 33.6 Å². The van der Waals surface area contributed by atoms with E-state index in [1.807, 2.05) is 25.1 Å². The lowest BCUT2D eigenvalue weighted by Crippen LogP contribution is -2.13. The second-order valence-corrected chi connectivity index (χ2v) is 6.47. The summed E-state index contributed by atoms with van der Waals surface area (Å²) in [6.45, 7) is 1.96. The molecule has 0 aliphatic rings. The van der Waals surface area contributed by atoms with Gasteiger partial charge in [0.1, 0.15) is 17.3 Å². The summed E-state index contributed by atoms with van der Waals surface area (Å²) in [7, 11) is 3.10. The first kappa shape index (κ1) is 19.5. The Morgan fingerprint density at radius 1 is 1.00 bits per heavy atom. The average Bonchev–Trinajstić information content (AvgIpc) is 2.71. The van der Waals surface area contributed by atoms with Crippen molar-refractivity contribution in [3.63, 3.8) is 0 Å². The van der Waals surface area contributed by atoms with E-state index in [9.17, 15) is 4.79 Å². The topological polar surface area (TPSA) is 72.5 Å². The molecule has 3 aromatic rings. The maximum Gasteiger partial charge on any atom is 0.255 e.